The van der Waals surface area contributed by atoms with Gasteiger partial charge < -0.3 is 14.7 Å². The maximum atomic E-state index is 13.2. The second-order valence-corrected chi connectivity index (χ2v) is 11.2. The number of benzene rings is 1. The molecule has 0 amide bonds. The Balaban J connectivity index is 0.00000141. The summed E-state index contributed by atoms with van der Waals surface area (Å²) in [6, 6.07) is 7.96. The van der Waals surface area contributed by atoms with E-state index in [1.165, 1.54) is 36.8 Å². The topological polar surface area (TPSA) is 135 Å². The van der Waals surface area contributed by atoms with Crippen LogP contribution >= 0.6 is 11.6 Å². The van der Waals surface area contributed by atoms with E-state index in [0.717, 1.165) is 12.3 Å². The van der Waals surface area contributed by atoms with Gasteiger partial charge in [-0.3, -0.25) is 9.52 Å². The van der Waals surface area contributed by atoms with Crippen molar-refractivity contribution in [3.05, 3.63) is 71.3 Å². The van der Waals surface area contributed by atoms with Crippen LogP contribution in [0.5, 0.6) is 5.88 Å². The molecule has 3 unspecified atom stereocenters. The zero-order valence-electron chi connectivity index (χ0n) is 21.4. The Kier molecular flexibility index (Phi) is 10.3. The Hall–Kier alpha value is -3.49. The number of likely N-dealkylation sites (N-methyl/N-ethyl adjacent to an activating group) is 1. The molecule has 40 heavy (non-hydrogen) atoms. The lowest BCUT2D eigenvalue weighted by atomic mass is 9.79. The zero-order chi connectivity index (χ0) is 29.5. The fourth-order valence-corrected chi connectivity index (χ4v) is 5.66. The van der Waals surface area contributed by atoms with Crippen LogP contribution in [0.4, 0.5) is 19.0 Å². The van der Waals surface area contributed by atoms with Crippen LogP contribution in [0.15, 0.2) is 60.0 Å². The SMILES string of the molecule is CN(C)C1CC(c2cccc(C(F)(F)F)c2)CCC1Oc1ncc(S(=O)(=O)Nc2ccncn2)cc1Cl.O=CO. The lowest BCUT2D eigenvalue weighted by Crippen LogP contribution is -2.46. The van der Waals surface area contributed by atoms with Crippen LogP contribution in [0, 0.1) is 0 Å². The quantitative estimate of drug-likeness (QED) is 0.370. The molecule has 0 aliphatic heterocycles. The van der Waals surface area contributed by atoms with Crippen molar-refractivity contribution in [1.29, 1.82) is 0 Å². The van der Waals surface area contributed by atoms with E-state index in [4.69, 9.17) is 26.2 Å². The molecule has 3 aromatic rings. The van der Waals surface area contributed by atoms with E-state index in [-0.39, 0.29) is 46.2 Å². The molecule has 0 radical (unpaired) electrons. The van der Waals surface area contributed by atoms with Gasteiger partial charge in [-0.05, 0) is 63.0 Å². The highest BCUT2D eigenvalue weighted by molar-refractivity contribution is 7.92. The fourth-order valence-electron chi connectivity index (χ4n) is 4.40. The molecule has 2 N–H and O–H groups in total. The summed E-state index contributed by atoms with van der Waals surface area (Å²) in [5.41, 5.74) is -0.0213. The Morgan fingerprint density at radius 1 is 1.18 bits per heavy atom. The second kappa shape index (κ2) is 13.2. The minimum Gasteiger partial charge on any atom is -0.483 e. The van der Waals surface area contributed by atoms with Crippen molar-refractivity contribution in [3.63, 3.8) is 0 Å². The van der Waals surface area contributed by atoms with Crippen molar-refractivity contribution in [3.8, 4) is 5.88 Å². The number of hydrogen-bond acceptors (Lipinski definition) is 8. The van der Waals surface area contributed by atoms with Gasteiger partial charge in [0.1, 0.15) is 28.2 Å². The molecule has 216 valence electrons. The van der Waals surface area contributed by atoms with E-state index in [1.54, 1.807) is 6.07 Å². The number of hydrogen-bond donors (Lipinski definition) is 2. The average Bonchev–Trinajstić information content (AvgIpc) is 2.90. The van der Waals surface area contributed by atoms with Crippen molar-refractivity contribution in [2.24, 2.45) is 0 Å². The molecule has 0 spiro atoms. The zero-order valence-corrected chi connectivity index (χ0v) is 23.0. The first kappa shape index (κ1) is 31.0. The smallest absolute Gasteiger partial charge is 0.416 e. The normalized spacial score (nSPS) is 19.3. The number of anilines is 1. The van der Waals surface area contributed by atoms with Gasteiger partial charge >= 0.3 is 6.18 Å². The Morgan fingerprint density at radius 3 is 2.50 bits per heavy atom. The summed E-state index contributed by atoms with van der Waals surface area (Å²) in [4.78, 5) is 21.9. The summed E-state index contributed by atoms with van der Waals surface area (Å²) in [5.74, 6) is 0.105. The molecule has 2 heterocycles. The summed E-state index contributed by atoms with van der Waals surface area (Å²) >= 11 is 6.34. The summed E-state index contributed by atoms with van der Waals surface area (Å²) in [7, 11) is -0.245. The number of aromatic nitrogens is 3. The largest absolute Gasteiger partial charge is 0.483 e. The Morgan fingerprint density at radius 2 is 1.90 bits per heavy atom. The minimum absolute atomic E-state index is 0.0167. The number of nitrogens with zero attached hydrogens (tertiary/aromatic N) is 4. The highest BCUT2D eigenvalue weighted by Gasteiger charge is 2.36. The molecular formula is C25H27ClF3N5O5S. The van der Waals surface area contributed by atoms with Crippen LogP contribution in [0.2, 0.25) is 5.02 Å². The van der Waals surface area contributed by atoms with Crippen molar-refractivity contribution >= 4 is 33.9 Å². The fraction of sp³-hybridized carbons (Fsp3) is 0.360. The summed E-state index contributed by atoms with van der Waals surface area (Å²) in [6.07, 6.45) is 0.752. The number of halogens is 4. The number of carbonyl (C=O) groups is 1. The average molecular weight is 602 g/mol. The van der Waals surface area contributed by atoms with Gasteiger partial charge in [0.2, 0.25) is 5.88 Å². The molecule has 15 heteroatoms. The third-order valence-corrected chi connectivity index (χ3v) is 7.87. The first-order valence-electron chi connectivity index (χ1n) is 11.9. The molecule has 2 aromatic heterocycles. The molecule has 1 aliphatic rings. The molecule has 0 bridgehead atoms. The summed E-state index contributed by atoms with van der Waals surface area (Å²) in [6.45, 7) is -0.250. The van der Waals surface area contributed by atoms with E-state index in [1.807, 2.05) is 19.0 Å². The summed E-state index contributed by atoms with van der Waals surface area (Å²) < 4.78 is 73.4. The maximum absolute atomic E-state index is 13.2. The Bertz CT molecular complexity index is 1400. The van der Waals surface area contributed by atoms with Crippen LogP contribution in [0.1, 0.15) is 36.3 Å². The van der Waals surface area contributed by atoms with Crippen LogP contribution in [-0.4, -0.2) is 66.1 Å². The van der Waals surface area contributed by atoms with Gasteiger partial charge in [0, 0.05) is 12.2 Å². The predicted molar refractivity (Wildman–Crippen MR) is 141 cm³/mol. The highest BCUT2D eigenvalue weighted by atomic mass is 35.5. The Labute approximate surface area is 234 Å². The molecule has 3 atom stereocenters. The van der Waals surface area contributed by atoms with Crippen molar-refractivity contribution in [1.82, 2.24) is 19.9 Å². The van der Waals surface area contributed by atoms with Gasteiger partial charge in [0.25, 0.3) is 16.5 Å². The molecule has 4 rings (SSSR count). The van der Waals surface area contributed by atoms with Gasteiger partial charge in [0.05, 0.1) is 11.8 Å². The standard InChI is InChI=1S/C24H25ClF3N5O3S.CH2O2/c1-33(2)20-11-16(15-4-3-5-17(10-15)24(26,27)28)6-7-21(20)36-23-19(25)12-18(13-30-23)37(34,35)32-22-8-9-29-14-31-22;2-1-3/h3-5,8-10,12-14,16,20-21H,6-7,11H2,1-2H3,(H,29,31,32);1H,(H,2,3). The minimum atomic E-state index is -4.40. The number of nitrogens with one attached hydrogen (secondary N) is 1. The monoisotopic (exact) mass is 601 g/mol. The van der Waals surface area contributed by atoms with E-state index in [0.29, 0.717) is 24.8 Å². The molecular weight excluding hydrogens is 575 g/mol. The van der Waals surface area contributed by atoms with Gasteiger partial charge in [-0.1, -0.05) is 29.8 Å². The molecule has 10 nitrogen and oxygen atoms in total. The predicted octanol–water partition coefficient (Wildman–Crippen LogP) is 4.69. The number of rotatable bonds is 7. The first-order chi connectivity index (χ1) is 18.9. The second-order valence-electron chi connectivity index (χ2n) is 9.08. The third-order valence-electron chi connectivity index (χ3n) is 6.28. The van der Waals surface area contributed by atoms with Crippen LogP contribution in [0.25, 0.3) is 0 Å². The summed E-state index contributed by atoms with van der Waals surface area (Å²) in [5, 5.41) is 6.91. The van der Waals surface area contributed by atoms with E-state index >= 15 is 0 Å². The molecule has 1 aromatic carbocycles. The lowest BCUT2D eigenvalue weighted by molar-refractivity contribution is -0.137. The van der Waals surface area contributed by atoms with Gasteiger partial charge in [0.15, 0.2) is 0 Å². The van der Waals surface area contributed by atoms with Gasteiger partial charge in [-0.25, -0.2) is 23.4 Å². The van der Waals surface area contributed by atoms with Crippen LogP contribution < -0.4 is 9.46 Å². The van der Waals surface area contributed by atoms with Gasteiger partial charge in [-0.15, -0.1) is 0 Å². The highest BCUT2D eigenvalue weighted by Crippen LogP contribution is 2.39. The first-order valence-corrected chi connectivity index (χ1v) is 13.7. The van der Waals surface area contributed by atoms with Crippen LogP contribution in [-0.2, 0) is 21.0 Å². The van der Waals surface area contributed by atoms with Gasteiger partial charge in [-0.2, -0.15) is 13.2 Å². The van der Waals surface area contributed by atoms with Crippen molar-refractivity contribution < 1.29 is 36.2 Å². The lowest BCUT2D eigenvalue weighted by Gasteiger charge is -2.39. The number of sulfonamides is 1. The molecule has 1 saturated carbocycles. The molecule has 1 aliphatic carbocycles. The maximum Gasteiger partial charge on any atom is 0.416 e. The van der Waals surface area contributed by atoms with E-state index in [2.05, 4.69) is 19.7 Å². The van der Waals surface area contributed by atoms with E-state index < -0.39 is 21.8 Å². The number of alkyl halides is 3. The molecule has 1 fully saturated rings. The number of pyridine rings is 1. The van der Waals surface area contributed by atoms with Crippen molar-refractivity contribution in [2.45, 2.75) is 48.4 Å². The molecule has 0 saturated heterocycles. The number of carboxylic acid groups (broad SMARTS) is 1. The number of ether oxygens (including phenoxy) is 1. The van der Waals surface area contributed by atoms with Crippen molar-refractivity contribution in [2.75, 3.05) is 18.8 Å². The van der Waals surface area contributed by atoms with Crippen LogP contribution in [0.3, 0.4) is 0 Å². The van der Waals surface area contributed by atoms with E-state index in [9.17, 15) is 21.6 Å². The third kappa shape index (κ3) is 8.02.